The van der Waals surface area contributed by atoms with Crippen molar-refractivity contribution in [3.8, 4) is 0 Å². The Morgan fingerprint density at radius 2 is 2.23 bits per heavy atom. The van der Waals surface area contributed by atoms with Gasteiger partial charge in [0.25, 0.3) is 0 Å². The molecule has 1 rings (SSSR count). The molecule has 1 aromatic carbocycles. The molecule has 70 valence electrons. The van der Waals surface area contributed by atoms with E-state index < -0.39 is 0 Å². The van der Waals surface area contributed by atoms with Gasteiger partial charge >= 0.3 is 0 Å². The van der Waals surface area contributed by atoms with Crippen LogP contribution in [0.5, 0.6) is 0 Å². The maximum atomic E-state index is 10.5. The highest BCUT2D eigenvalue weighted by molar-refractivity contribution is 9.10. The third kappa shape index (κ3) is 2.31. The second kappa shape index (κ2) is 4.42. The number of hydrogen-bond acceptors (Lipinski definition) is 2. The van der Waals surface area contributed by atoms with Gasteiger partial charge < -0.3 is 4.90 Å². The van der Waals surface area contributed by atoms with Crippen LogP contribution in [0.3, 0.4) is 0 Å². The molecule has 0 heterocycles. The Morgan fingerprint density at radius 1 is 1.54 bits per heavy atom. The molecule has 3 heteroatoms. The van der Waals surface area contributed by atoms with Crippen molar-refractivity contribution in [3.05, 3.63) is 28.2 Å². The lowest BCUT2D eigenvalue weighted by atomic mass is 10.2. The number of hydrogen-bond donors (Lipinski definition) is 0. The van der Waals surface area contributed by atoms with Gasteiger partial charge in [-0.3, -0.25) is 4.79 Å². The molecule has 0 radical (unpaired) electrons. The summed E-state index contributed by atoms with van der Waals surface area (Å²) < 4.78 is 0.848. The summed E-state index contributed by atoms with van der Waals surface area (Å²) in [5.41, 5.74) is 1.80. The standard InChI is InChI=1S/C10H12BrNO/c1-3-12(2)9-5-4-8(7-13)10(11)6-9/h4-7H,3H2,1-2H3. The molecule has 0 aliphatic rings. The summed E-state index contributed by atoms with van der Waals surface area (Å²) in [5, 5.41) is 0. The molecule has 0 amide bonds. The van der Waals surface area contributed by atoms with Gasteiger partial charge in [-0.2, -0.15) is 0 Å². The molecule has 1 aromatic rings. The topological polar surface area (TPSA) is 20.3 Å². The monoisotopic (exact) mass is 241 g/mol. The molecule has 2 nitrogen and oxygen atoms in total. The van der Waals surface area contributed by atoms with Gasteiger partial charge in [-0.1, -0.05) is 0 Å². The number of halogens is 1. The maximum absolute atomic E-state index is 10.5. The van der Waals surface area contributed by atoms with Crippen molar-refractivity contribution in [1.82, 2.24) is 0 Å². The van der Waals surface area contributed by atoms with Crippen LogP contribution >= 0.6 is 15.9 Å². The van der Waals surface area contributed by atoms with Gasteiger partial charge in [0.15, 0.2) is 6.29 Å². The van der Waals surface area contributed by atoms with Crippen molar-refractivity contribution in [2.45, 2.75) is 6.92 Å². The first-order valence-corrected chi connectivity index (χ1v) is 4.94. The normalized spacial score (nSPS) is 9.77. The molecular weight excluding hydrogens is 230 g/mol. The van der Waals surface area contributed by atoms with Gasteiger partial charge in [0, 0.05) is 29.3 Å². The largest absolute Gasteiger partial charge is 0.375 e. The van der Waals surface area contributed by atoms with Gasteiger partial charge in [0.1, 0.15) is 0 Å². The lowest BCUT2D eigenvalue weighted by Crippen LogP contribution is -2.15. The summed E-state index contributed by atoms with van der Waals surface area (Å²) >= 11 is 3.35. The Bertz CT molecular complexity index is 312. The average Bonchev–Trinajstić information content (AvgIpc) is 2.16. The molecule has 0 bridgehead atoms. The van der Waals surface area contributed by atoms with Crippen LogP contribution in [0.1, 0.15) is 17.3 Å². The number of rotatable bonds is 3. The van der Waals surface area contributed by atoms with Crippen LogP contribution in [-0.4, -0.2) is 19.9 Å². The summed E-state index contributed by atoms with van der Waals surface area (Å²) in [4.78, 5) is 12.6. The van der Waals surface area contributed by atoms with Gasteiger partial charge in [0.2, 0.25) is 0 Å². The average molecular weight is 242 g/mol. The fourth-order valence-corrected chi connectivity index (χ4v) is 1.49. The lowest BCUT2D eigenvalue weighted by molar-refractivity contribution is 0.112. The van der Waals surface area contributed by atoms with E-state index in [1.807, 2.05) is 25.2 Å². The predicted octanol–water partition coefficient (Wildman–Crippen LogP) is 2.72. The minimum absolute atomic E-state index is 0.688. The SMILES string of the molecule is CCN(C)c1ccc(C=O)c(Br)c1. The van der Waals surface area contributed by atoms with Crippen molar-refractivity contribution >= 4 is 27.9 Å². The van der Waals surface area contributed by atoms with Crippen LogP contribution in [-0.2, 0) is 0 Å². The number of aldehydes is 1. The van der Waals surface area contributed by atoms with E-state index in [1.165, 1.54) is 0 Å². The predicted molar refractivity (Wildman–Crippen MR) is 58.5 cm³/mol. The molecule has 0 aliphatic carbocycles. The Hall–Kier alpha value is -0.830. The summed E-state index contributed by atoms with van der Waals surface area (Å²) in [6, 6.07) is 5.71. The Kier molecular flexibility index (Phi) is 3.48. The number of anilines is 1. The second-order valence-electron chi connectivity index (χ2n) is 2.84. The molecule has 0 atom stereocenters. The second-order valence-corrected chi connectivity index (χ2v) is 3.69. The highest BCUT2D eigenvalue weighted by Crippen LogP contribution is 2.22. The van der Waals surface area contributed by atoms with E-state index in [-0.39, 0.29) is 0 Å². The van der Waals surface area contributed by atoms with E-state index in [9.17, 15) is 4.79 Å². The van der Waals surface area contributed by atoms with Gasteiger partial charge in [-0.15, -0.1) is 0 Å². The molecule has 0 aliphatic heterocycles. The van der Waals surface area contributed by atoms with Gasteiger partial charge in [-0.25, -0.2) is 0 Å². The van der Waals surface area contributed by atoms with E-state index in [0.717, 1.165) is 23.0 Å². The summed E-state index contributed by atoms with van der Waals surface area (Å²) in [7, 11) is 2.02. The van der Waals surface area contributed by atoms with Crippen molar-refractivity contribution in [3.63, 3.8) is 0 Å². The third-order valence-electron chi connectivity index (χ3n) is 2.03. The minimum Gasteiger partial charge on any atom is -0.375 e. The number of carbonyl (C=O) groups excluding carboxylic acids is 1. The van der Waals surface area contributed by atoms with Crippen molar-refractivity contribution in [2.24, 2.45) is 0 Å². The number of nitrogens with zero attached hydrogens (tertiary/aromatic N) is 1. The first-order chi connectivity index (χ1) is 6.19. The van der Waals surface area contributed by atoms with Gasteiger partial charge in [-0.05, 0) is 41.1 Å². The number of carbonyl (C=O) groups is 1. The van der Waals surface area contributed by atoms with Crippen molar-refractivity contribution in [2.75, 3.05) is 18.5 Å². The van der Waals surface area contributed by atoms with Crippen LogP contribution in [0.15, 0.2) is 22.7 Å². The summed E-state index contributed by atoms with van der Waals surface area (Å²) in [6.07, 6.45) is 0.847. The lowest BCUT2D eigenvalue weighted by Gasteiger charge is -2.17. The number of benzene rings is 1. The highest BCUT2D eigenvalue weighted by atomic mass is 79.9. The quantitative estimate of drug-likeness (QED) is 0.759. The zero-order valence-electron chi connectivity index (χ0n) is 7.75. The van der Waals surface area contributed by atoms with Crippen LogP contribution in [0.25, 0.3) is 0 Å². The van der Waals surface area contributed by atoms with Crippen molar-refractivity contribution < 1.29 is 4.79 Å². The van der Waals surface area contributed by atoms with E-state index >= 15 is 0 Å². The van der Waals surface area contributed by atoms with E-state index in [1.54, 1.807) is 0 Å². The molecule has 0 spiro atoms. The smallest absolute Gasteiger partial charge is 0.151 e. The minimum atomic E-state index is 0.688. The summed E-state index contributed by atoms with van der Waals surface area (Å²) in [6.45, 7) is 3.04. The van der Waals surface area contributed by atoms with Crippen molar-refractivity contribution in [1.29, 1.82) is 0 Å². The van der Waals surface area contributed by atoms with Crippen LogP contribution in [0, 0.1) is 0 Å². The first kappa shape index (κ1) is 10.3. The Morgan fingerprint density at radius 3 is 2.69 bits per heavy atom. The molecule has 0 aromatic heterocycles. The molecule has 0 saturated heterocycles. The summed E-state index contributed by atoms with van der Waals surface area (Å²) in [5.74, 6) is 0. The fraction of sp³-hybridized carbons (Fsp3) is 0.300. The molecule has 0 N–H and O–H groups in total. The molecule has 0 fully saturated rings. The first-order valence-electron chi connectivity index (χ1n) is 4.15. The van der Waals surface area contributed by atoms with E-state index in [4.69, 9.17) is 0 Å². The van der Waals surface area contributed by atoms with E-state index in [0.29, 0.717) is 5.56 Å². The zero-order valence-corrected chi connectivity index (χ0v) is 9.34. The zero-order chi connectivity index (χ0) is 9.84. The highest BCUT2D eigenvalue weighted by Gasteiger charge is 2.02. The molecule has 0 saturated carbocycles. The molecule has 13 heavy (non-hydrogen) atoms. The van der Waals surface area contributed by atoms with Gasteiger partial charge in [0.05, 0.1) is 0 Å². The molecular formula is C10H12BrNO. The maximum Gasteiger partial charge on any atom is 0.151 e. The Balaban J connectivity index is 3.02. The fourth-order valence-electron chi connectivity index (χ4n) is 1.03. The van der Waals surface area contributed by atoms with E-state index in [2.05, 4.69) is 27.8 Å². The van der Waals surface area contributed by atoms with Crippen LogP contribution in [0.4, 0.5) is 5.69 Å². The molecule has 0 unspecified atom stereocenters. The van der Waals surface area contributed by atoms with Crippen LogP contribution in [0.2, 0.25) is 0 Å². The van der Waals surface area contributed by atoms with Crippen LogP contribution < -0.4 is 4.90 Å². The Labute approximate surface area is 86.7 Å². The third-order valence-corrected chi connectivity index (χ3v) is 2.71.